The third-order valence-electron chi connectivity index (χ3n) is 6.09. The van der Waals surface area contributed by atoms with Crippen LogP contribution in [0.15, 0.2) is 48.6 Å². The number of aliphatic hydroxyl groups is 2. The number of hydrogen-bond donors (Lipinski definition) is 3. The van der Waals surface area contributed by atoms with Crippen molar-refractivity contribution >= 4 is 19.8 Å². The molecule has 0 aromatic carbocycles. The van der Waals surface area contributed by atoms with Gasteiger partial charge in [-0.15, -0.1) is 0 Å². The van der Waals surface area contributed by atoms with Crippen LogP contribution in [-0.2, 0) is 32.7 Å². The smallest absolute Gasteiger partial charge is 0.462 e. The molecular formula is C32H55O10P. The molecule has 0 aromatic rings. The van der Waals surface area contributed by atoms with Crippen LogP contribution < -0.4 is 0 Å². The Balaban J connectivity index is 4.56. The van der Waals surface area contributed by atoms with Crippen molar-refractivity contribution in [2.45, 2.75) is 116 Å². The normalized spacial score (nSPS) is 15.0. The van der Waals surface area contributed by atoms with Crippen molar-refractivity contribution in [1.82, 2.24) is 0 Å². The van der Waals surface area contributed by atoms with Crippen molar-refractivity contribution < 1.29 is 47.8 Å². The Hall–Kier alpha value is -2.07. The summed E-state index contributed by atoms with van der Waals surface area (Å²) in [5.41, 5.74) is 0. The van der Waals surface area contributed by atoms with Crippen LogP contribution in [0.25, 0.3) is 0 Å². The lowest BCUT2D eigenvalue weighted by Gasteiger charge is -2.20. The second-order valence-electron chi connectivity index (χ2n) is 10.2. The number of esters is 2. The van der Waals surface area contributed by atoms with E-state index in [2.05, 4.69) is 30.5 Å². The van der Waals surface area contributed by atoms with Crippen molar-refractivity contribution in [3.8, 4) is 0 Å². The molecule has 0 heterocycles. The maximum atomic E-state index is 12.4. The van der Waals surface area contributed by atoms with Crippen molar-refractivity contribution in [1.29, 1.82) is 0 Å². The molecule has 0 aliphatic heterocycles. The number of phosphoric ester groups is 1. The summed E-state index contributed by atoms with van der Waals surface area (Å²) in [5, 5.41) is 18.2. The molecule has 43 heavy (non-hydrogen) atoms. The van der Waals surface area contributed by atoms with E-state index < -0.39 is 51.8 Å². The maximum absolute atomic E-state index is 12.4. The third kappa shape index (κ3) is 28.5. The minimum atomic E-state index is -4.61. The largest absolute Gasteiger partial charge is 0.472 e. The quantitative estimate of drug-likeness (QED) is 0.0371. The van der Waals surface area contributed by atoms with Crippen molar-refractivity contribution in [3.05, 3.63) is 48.6 Å². The number of rotatable bonds is 28. The molecule has 0 aliphatic rings. The summed E-state index contributed by atoms with van der Waals surface area (Å²) in [6.45, 7) is 2.08. The number of aliphatic hydroxyl groups excluding tert-OH is 2. The molecule has 0 spiro atoms. The predicted molar refractivity (Wildman–Crippen MR) is 168 cm³/mol. The molecule has 0 aliphatic carbocycles. The topological polar surface area (TPSA) is 149 Å². The summed E-state index contributed by atoms with van der Waals surface area (Å²) in [4.78, 5) is 34.4. The highest BCUT2D eigenvalue weighted by Crippen LogP contribution is 2.43. The van der Waals surface area contributed by atoms with Gasteiger partial charge >= 0.3 is 19.8 Å². The van der Waals surface area contributed by atoms with E-state index >= 15 is 0 Å². The number of allylic oxidation sites excluding steroid dienone is 8. The number of phosphoric acid groups is 1. The first-order chi connectivity index (χ1) is 20.7. The fraction of sp³-hybridized carbons (Fsp3) is 0.688. The number of ether oxygens (including phenoxy) is 2. The number of unbranched alkanes of at least 4 members (excludes halogenated alkanes) is 9. The Morgan fingerprint density at radius 1 is 0.721 bits per heavy atom. The van der Waals surface area contributed by atoms with Gasteiger partial charge in [-0.2, -0.15) is 0 Å². The molecule has 0 rings (SSSR count). The fourth-order valence-corrected chi connectivity index (χ4v) is 4.44. The van der Waals surface area contributed by atoms with E-state index in [-0.39, 0.29) is 19.4 Å². The molecule has 0 fully saturated rings. The lowest BCUT2D eigenvalue weighted by Crippen LogP contribution is -2.29. The van der Waals surface area contributed by atoms with Gasteiger partial charge in [-0.05, 0) is 32.1 Å². The summed E-state index contributed by atoms with van der Waals surface area (Å²) in [6.07, 6.45) is 25.5. The first-order valence-electron chi connectivity index (χ1n) is 15.6. The minimum absolute atomic E-state index is 0.137. The molecule has 0 saturated heterocycles. The molecule has 0 aromatic heterocycles. The van der Waals surface area contributed by atoms with Crippen LogP contribution in [0.4, 0.5) is 0 Å². The Morgan fingerprint density at radius 3 is 1.93 bits per heavy atom. The van der Waals surface area contributed by atoms with Crippen molar-refractivity contribution in [3.63, 3.8) is 0 Å². The maximum Gasteiger partial charge on any atom is 0.472 e. The van der Waals surface area contributed by atoms with Gasteiger partial charge in [0, 0.05) is 12.8 Å². The second kappa shape index (κ2) is 28.7. The van der Waals surface area contributed by atoms with Gasteiger partial charge in [-0.3, -0.25) is 18.6 Å². The zero-order valence-corrected chi connectivity index (χ0v) is 27.0. The molecule has 11 heteroatoms. The Labute approximate surface area is 258 Å². The molecule has 0 radical (unpaired) electrons. The van der Waals surface area contributed by atoms with Crippen LogP contribution in [0.1, 0.15) is 104 Å². The zero-order valence-electron chi connectivity index (χ0n) is 26.1. The molecule has 3 N–H and O–H groups in total. The third-order valence-corrected chi connectivity index (χ3v) is 7.04. The average Bonchev–Trinajstić information content (AvgIpc) is 2.99. The number of carbonyl (C=O) groups is 2. The van der Waals surface area contributed by atoms with E-state index in [1.54, 1.807) is 0 Å². The summed E-state index contributed by atoms with van der Waals surface area (Å²) < 4.78 is 32.2. The van der Waals surface area contributed by atoms with Crippen molar-refractivity contribution in [2.75, 3.05) is 26.4 Å². The molecule has 10 nitrogen and oxygen atoms in total. The minimum Gasteiger partial charge on any atom is -0.462 e. The Morgan fingerprint density at radius 2 is 1.28 bits per heavy atom. The number of hydrogen-bond acceptors (Lipinski definition) is 9. The number of carbonyl (C=O) groups excluding carboxylic acids is 2. The average molecular weight is 631 g/mol. The molecule has 0 saturated carbocycles. The molecule has 248 valence electrons. The van der Waals surface area contributed by atoms with Gasteiger partial charge in [0.25, 0.3) is 0 Å². The van der Waals surface area contributed by atoms with Gasteiger partial charge < -0.3 is 24.6 Å². The van der Waals surface area contributed by atoms with Gasteiger partial charge in [-0.25, -0.2) is 4.57 Å². The molecule has 0 bridgehead atoms. The lowest BCUT2D eigenvalue weighted by atomic mass is 10.1. The van der Waals surface area contributed by atoms with Crippen LogP contribution in [0.2, 0.25) is 0 Å². The standard InChI is InChI=1S/C32H55O10P/c1-3-5-7-9-11-12-13-14-15-16-18-20-22-24-32(36)42-30(28-41-43(37,38)40-26-29(34)25-33)27-39-31(35)23-21-19-17-10-8-6-4-2/h5,7,9,11-15,29-30,33-34H,3-4,6,8,10,16-28H2,1-2H3,(H,37,38)/b7-5+,11-9+,13-12+,15-14+/t29-,30?/m0/s1. The molecule has 3 atom stereocenters. The Kier molecular flexibility index (Phi) is 27.3. The molecule has 2 unspecified atom stereocenters. The highest BCUT2D eigenvalue weighted by Gasteiger charge is 2.27. The van der Waals surface area contributed by atoms with Gasteiger partial charge in [-0.1, -0.05) is 107 Å². The first-order valence-corrected chi connectivity index (χ1v) is 17.1. The summed E-state index contributed by atoms with van der Waals surface area (Å²) in [7, 11) is -4.61. The van der Waals surface area contributed by atoms with Crippen LogP contribution in [0.5, 0.6) is 0 Å². The second-order valence-corrected chi connectivity index (χ2v) is 11.6. The SMILES string of the molecule is CC/C=C/C=C/C=C/C=C/CCCCCC(=O)OC(COC(=O)CCCCCCCCC)COP(=O)(O)OC[C@@H](O)CO. The first kappa shape index (κ1) is 40.9. The van der Waals surface area contributed by atoms with Gasteiger partial charge in [0.2, 0.25) is 0 Å². The molecular weight excluding hydrogens is 575 g/mol. The van der Waals surface area contributed by atoms with E-state index in [0.29, 0.717) is 12.8 Å². The fourth-order valence-electron chi connectivity index (χ4n) is 3.65. The van der Waals surface area contributed by atoms with E-state index in [4.69, 9.17) is 19.1 Å². The van der Waals surface area contributed by atoms with Crippen LogP contribution >= 0.6 is 7.82 Å². The van der Waals surface area contributed by atoms with Crippen LogP contribution in [0, 0.1) is 0 Å². The van der Waals surface area contributed by atoms with Crippen molar-refractivity contribution in [2.24, 2.45) is 0 Å². The summed E-state index contributed by atoms with van der Waals surface area (Å²) in [6, 6.07) is 0. The monoisotopic (exact) mass is 630 g/mol. The van der Waals surface area contributed by atoms with E-state index in [9.17, 15) is 24.2 Å². The van der Waals surface area contributed by atoms with Gasteiger partial charge in [0.05, 0.1) is 19.8 Å². The Bertz CT molecular complexity index is 868. The van der Waals surface area contributed by atoms with E-state index in [0.717, 1.165) is 44.9 Å². The summed E-state index contributed by atoms with van der Waals surface area (Å²) >= 11 is 0. The van der Waals surface area contributed by atoms with Gasteiger partial charge in [0.1, 0.15) is 12.7 Å². The summed E-state index contributed by atoms with van der Waals surface area (Å²) in [5.74, 6) is -0.986. The van der Waals surface area contributed by atoms with Gasteiger partial charge in [0.15, 0.2) is 6.10 Å². The van der Waals surface area contributed by atoms with Crippen LogP contribution in [0.3, 0.4) is 0 Å². The predicted octanol–water partition coefficient (Wildman–Crippen LogP) is 6.65. The van der Waals surface area contributed by atoms with E-state index in [1.165, 1.54) is 19.3 Å². The lowest BCUT2D eigenvalue weighted by molar-refractivity contribution is -0.161. The van der Waals surface area contributed by atoms with Crippen LogP contribution in [-0.4, -0.2) is 65.7 Å². The zero-order chi connectivity index (χ0) is 32.0. The highest BCUT2D eigenvalue weighted by molar-refractivity contribution is 7.47. The highest BCUT2D eigenvalue weighted by atomic mass is 31.2. The molecule has 0 amide bonds. The van der Waals surface area contributed by atoms with E-state index in [1.807, 2.05) is 36.5 Å².